The zero-order valence-corrected chi connectivity index (χ0v) is 17.2. The van der Waals surface area contributed by atoms with Crippen LogP contribution in [0.25, 0.3) is 0 Å². The predicted molar refractivity (Wildman–Crippen MR) is 111 cm³/mol. The lowest BCUT2D eigenvalue weighted by Crippen LogP contribution is -2.48. The summed E-state index contributed by atoms with van der Waals surface area (Å²) >= 11 is 0. The molecule has 1 fully saturated rings. The second kappa shape index (κ2) is 10.4. The van der Waals surface area contributed by atoms with Gasteiger partial charge < -0.3 is 10.2 Å². The minimum atomic E-state index is -4.33. The summed E-state index contributed by atoms with van der Waals surface area (Å²) in [5.41, 5.74) is 1.09. The van der Waals surface area contributed by atoms with E-state index in [-0.39, 0.29) is 24.7 Å². The van der Waals surface area contributed by atoms with Gasteiger partial charge in [0.05, 0.1) is 12.0 Å². The summed E-state index contributed by atoms with van der Waals surface area (Å²) in [4.78, 5) is 28.2. The van der Waals surface area contributed by atoms with E-state index in [1.807, 2.05) is 30.3 Å². The van der Waals surface area contributed by atoms with E-state index in [0.29, 0.717) is 39.3 Å². The van der Waals surface area contributed by atoms with Gasteiger partial charge in [-0.15, -0.1) is 0 Å². The van der Waals surface area contributed by atoms with Crippen molar-refractivity contribution in [3.05, 3.63) is 71.3 Å². The van der Waals surface area contributed by atoms with Crippen LogP contribution in [-0.4, -0.2) is 54.3 Å². The van der Waals surface area contributed by atoms with Gasteiger partial charge in [0.25, 0.3) is 0 Å². The largest absolute Gasteiger partial charge is 0.416 e. The van der Waals surface area contributed by atoms with Crippen LogP contribution in [0.15, 0.2) is 54.6 Å². The first-order valence-electron chi connectivity index (χ1n) is 10.3. The molecule has 1 heterocycles. The lowest BCUT2D eigenvalue weighted by atomic mass is 10.1. The number of hydrogen-bond donors (Lipinski definition) is 1. The topological polar surface area (TPSA) is 52.7 Å². The summed E-state index contributed by atoms with van der Waals surface area (Å²) in [6.07, 6.45) is -3.79. The molecule has 8 heteroatoms. The van der Waals surface area contributed by atoms with E-state index in [1.54, 1.807) is 4.90 Å². The van der Waals surface area contributed by atoms with Crippen molar-refractivity contribution in [2.45, 2.75) is 25.6 Å². The Bertz CT molecular complexity index is 862. The van der Waals surface area contributed by atoms with Crippen molar-refractivity contribution in [2.75, 3.05) is 32.7 Å². The number of hydrogen-bond acceptors (Lipinski definition) is 3. The Balaban J connectivity index is 1.35. The maximum atomic E-state index is 12.7. The van der Waals surface area contributed by atoms with Crippen molar-refractivity contribution in [1.29, 1.82) is 0 Å². The maximum Gasteiger partial charge on any atom is 0.416 e. The number of nitrogens with zero attached hydrogens (tertiary/aromatic N) is 2. The molecular formula is C23H26F3N3O2. The molecule has 0 radical (unpaired) electrons. The molecule has 0 spiro atoms. The highest BCUT2D eigenvalue weighted by Gasteiger charge is 2.30. The number of benzene rings is 2. The van der Waals surface area contributed by atoms with E-state index in [0.717, 1.165) is 23.3 Å². The highest BCUT2D eigenvalue weighted by molar-refractivity contribution is 5.80. The van der Waals surface area contributed by atoms with Crippen molar-refractivity contribution < 1.29 is 22.8 Å². The number of amides is 2. The van der Waals surface area contributed by atoms with Crippen molar-refractivity contribution in [2.24, 2.45) is 0 Å². The fourth-order valence-corrected chi connectivity index (χ4v) is 3.52. The van der Waals surface area contributed by atoms with Crippen LogP contribution in [0.5, 0.6) is 0 Å². The Morgan fingerprint density at radius 3 is 2.13 bits per heavy atom. The van der Waals surface area contributed by atoms with E-state index < -0.39 is 11.7 Å². The Hall–Kier alpha value is -2.87. The van der Waals surface area contributed by atoms with Gasteiger partial charge in [0.2, 0.25) is 11.8 Å². The Kier molecular flexibility index (Phi) is 7.68. The molecule has 2 amide bonds. The number of alkyl halides is 3. The number of carbonyl (C=O) groups excluding carboxylic acids is 2. The van der Waals surface area contributed by atoms with E-state index in [4.69, 9.17) is 0 Å². The van der Waals surface area contributed by atoms with Crippen LogP contribution in [0, 0.1) is 0 Å². The van der Waals surface area contributed by atoms with Gasteiger partial charge in [-0.25, -0.2) is 0 Å². The number of piperazine rings is 1. The van der Waals surface area contributed by atoms with Crippen LogP contribution in [0.3, 0.4) is 0 Å². The van der Waals surface area contributed by atoms with Gasteiger partial charge in [-0.2, -0.15) is 13.2 Å². The van der Waals surface area contributed by atoms with Gasteiger partial charge in [-0.05, 0) is 23.3 Å². The molecule has 1 saturated heterocycles. The van der Waals surface area contributed by atoms with Crippen molar-refractivity contribution in [3.8, 4) is 0 Å². The molecule has 3 rings (SSSR count). The predicted octanol–water partition coefficient (Wildman–Crippen LogP) is 3.10. The van der Waals surface area contributed by atoms with Crippen molar-refractivity contribution >= 4 is 11.8 Å². The first kappa shape index (κ1) is 22.8. The number of rotatable bonds is 7. The molecule has 1 N–H and O–H groups in total. The molecule has 0 aromatic heterocycles. The number of carbonyl (C=O) groups is 2. The van der Waals surface area contributed by atoms with Gasteiger partial charge in [0, 0.05) is 45.7 Å². The summed E-state index contributed by atoms with van der Waals surface area (Å²) in [6, 6.07) is 14.6. The minimum absolute atomic E-state index is 0.00538. The minimum Gasteiger partial charge on any atom is -0.355 e. The van der Waals surface area contributed by atoms with Crippen molar-refractivity contribution in [1.82, 2.24) is 15.1 Å². The van der Waals surface area contributed by atoms with E-state index >= 15 is 0 Å². The van der Waals surface area contributed by atoms with Crippen LogP contribution >= 0.6 is 0 Å². The van der Waals surface area contributed by atoms with E-state index in [9.17, 15) is 22.8 Å². The molecule has 2 aromatic rings. The SMILES string of the molecule is O=C(Cc1ccccc1)NCCC(=O)N1CCN(Cc2ccc(C(F)(F)F)cc2)CC1. The van der Waals surface area contributed by atoms with Crippen LogP contribution < -0.4 is 5.32 Å². The third-order valence-corrected chi connectivity index (χ3v) is 5.28. The molecular weight excluding hydrogens is 407 g/mol. The molecule has 0 unspecified atom stereocenters. The summed E-state index contributed by atoms with van der Waals surface area (Å²) < 4.78 is 38.0. The smallest absolute Gasteiger partial charge is 0.355 e. The van der Waals surface area contributed by atoms with Gasteiger partial charge in [-0.1, -0.05) is 42.5 Å². The summed E-state index contributed by atoms with van der Waals surface area (Å²) in [5, 5.41) is 2.78. The lowest BCUT2D eigenvalue weighted by molar-refractivity contribution is -0.137. The normalized spacial score (nSPS) is 15.0. The average Bonchev–Trinajstić information content (AvgIpc) is 2.74. The number of halogens is 3. The molecule has 166 valence electrons. The summed E-state index contributed by atoms with van der Waals surface area (Å²) in [7, 11) is 0. The fourth-order valence-electron chi connectivity index (χ4n) is 3.52. The zero-order chi connectivity index (χ0) is 22.3. The highest BCUT2D eigenvalue weighted by Crippen LogP contribution is 2.29. The standard InChI is InChI=1S/C23H26F3N3O2/c24-23(25,26)20-8-6-19(7-9-20)17-28-12-14-29(15-13-28)22(31)10-11-27-21(30)16-18-4-2-1-3-5-18/h1-9H,10-17H2,(H,27,30). The van der Waals surface area contributed by atoms with Gasteiger partial charge >= 0.3 is 6.18 Å². The Labute approximate surface area is 179 Å². The quantitative estimate of drug-likeness (QED) is 0.730. The second-order valence-electron chi connectivity index (χ2n) is 7.61. The molecule has 0 aliphatic carbocycles. The average molecular weight is 433 g/mol. The fraction of sp³-hybridized carbons (Fsp3) is 0.391. The van der Waals surface area contributed by atoms with Crippen LogP contribution in [0.1, 0.15) is 23.1 Å². The molecule has 0 saturated carbocycles. The van der Waals surface area contributed by atoms with E-state index in [1.165, 1.54) is 12.1 Å². The number of nitrogens with one attached hydrogen (secondary N) is 1. The highest BCUT2D eigenvalue weighted by atomic mass is 19.4. The molecule has 31 heavy (non-hydrogen) atoms. The molecule has 5 nitrogen and oxygen atoms in total. The molecule has 0 atom stereocenters. The monoisotopic (exact) mass is 433 g/mol. The molecule has 2 aromatic carbocycles. The Morgan fingerprint density at radius 2 is 1.52 bits per heavy atom. The second-order valence-corrected chi connectivity index (χ2v) is 7.61. The summed E-state index contributed by atoms with van der Waals surface area (Å²) in [5.74, 6) is -0.116. The lowest BCUT2D eigenvalue weighted by Gasteiger charge is -2.35. The third kappa shape index (κ3) is 7.10. The van der Waals surface area contributed by atoms with Crippen LogP contribution in [0.4, 0.5) is 13.2 Å². The Morgan fingerprint density at radius 1 is 0.871 bits per heavy atom. The van der Waals surface area contributed by atoms with Gasteiger partial charge in [0.15, 0.2) is 0 Å². The van der Waals surface area contributed by atoms with Crippen LogP contribution in [0.2, 0.25) is 0 Å². The molecule has 0 bridgehead atoms. The third-order valence-electron chi connectivity index (χ3n) is 5.28. The first-order chi connectivity index (χ1) is 14.8. The zero-order valence-electron chi connectivity index (χ0n) is 17.2. The van der Waals surface area contributed by atoms with Crippen LogP contribution in [-0.2, 0) is 28.7 Å². The molecule has 1 aliphatic heterocycles. The van der Waals surface area contributed by atoms with Gasteiger partial charge in [0.1, 0.15) is 0 Å². The van der Waals surface area contributed by atoms with E-state index in [2.05, 4.69) is 10.2 Å². The van der Waals surface area contributed by atoms with Crippen molar-refractivity contribution in [3.63, 3.8) is 0 Å². The maximum absolute atomic E-state index is 12.7. The van der Waals surface area contributed by atoms with Gasteiger partial charge in [-0.3, -0.25) is 14.5 Å². The first-order valence-corrected chi connectivity index (χ1v) is 10.3. The molecule has 1 aliphatic rings. The summed E-state index contributed by atoms with van der Waals surface area (Å²) in [6.45, 7) is 3.31.